The maximum Gasteiger partial charge on any atom is 0.335 e. The molecule has 2 rings (SSSR count). The van der Waals surface area contributed by atoms with Crippen molar-refractivity contribution in [1.82, 2.24) is 4.98 Å². The quantitative estimate of drug-likeness (QED) is 0.827. The van der Waals surface area contributed by atoms with E-state index >= 15 is 0 Å². The smallest absolute Gasteiger partial charge is 0.335 e. The van der Waals surface area contributed by atoms with Crippen molar-refractivity contribution in [2.24, 2.45) is 0 Å². The fourth-order valence-corrected chi connectivity index (χ4v) is 2.04. The summed E-state index contributed by atoms with van der Waals surface area (Å²) in [6.45, 7) is 0. The van der Waals surface area contributed by atoms with E-state index in [0.717, 1.165) is 0 Å². The monoisotopic (exact) mass is 354 g/mol. The zero-order valence-electron chi connectivity index (χ0n) is 9.93. The van der Waals surface area contributed by atoms with E-state index in [2.05, 4.69) is 26.2 Å². The number of rotatable bonds is 3. The number of pyridine rings is 1. The molecule has 0 fully saturated rings. The second kappa shape index (κ2) is 6.02. The van der Waals surface area contributed by atoms with E-state index in [-0.39, 0.29) is 11.5 Å². The first-order valence-electron chi connectivity index (χ1n) is 5.43. The SMILES string of the molecule is O=C(O)c1ccc(NC(=O)c2ccc(Cl)nc2)c(Br)c1. The van der Waals surface area contributed by atoms with Crippen LogP contribution in [0.4, 0.5) is 5.69 Å². The number of anilines is 1. The van der Waals surface area contributed by atoms with Gasteiger partial charge in [-0.2, -0.15) is 0 Å². The average molecular weight is 356 g/mol. The minimum atomic E-state index is -1.04. The lowest BCUT2D eigenvalue weighted by molar-refractivity contribution is 0.0696. The predicted molar refractivity (Wildman–Crippen MR) is 78.3 cm³/mol. The van der Waals surface area contributed by atoms with Crippen LogP contribution in [0.1, 0.15) is 20.7 Å². The molecular formula is C13H8BrClN2O3. The Hall–Kier alpha value is -1.92. The largest absolute Gasteiger partial charge is 0.478 e. The van der Waals surface area contributed by atoms with Gasteiger partial charge in [0.25, 0.3) is 5.91 Å². The minimum absolute atomic E-state index is 0.128. The van der Waals surface area contributed by atoms with Gasteiger partial charge in [0.15, 0.2) is 0 Å². The first-order chi connectivity index (χ1) is 9.47. The topological polar surface area (TPSA) is 79.3 Å². The highest BCUT2D eigenvalue weighted by Gasteiger charge is 2.11. The number of amides is 1. The van der Waals surface area contributed by atoms with Crippen LogP contribution >= 0.6 is 27.5 Å². The summed E-state index contributed by atoms with van der Waals surface area (Å²) in [5, 5.41) is 11.8. The standard InChI is InChI=1S/C13H8BrClN2O3/c14-9-5-7(13(19)20)1-3-10(9)17-12(18)8-2-4-11(15)16-6-8/h1-6H,(H,17,18)(H,19,20). The summed E-state index contributed by atoms with van der Waals surface area (Å²) in [5.74, 6) is -1.40. The van der Waals surface area contributed by atoms with Crippen LogP contribution in [0.3, 0.4) is 0 Å². The third-order valence-corrected chi connectivity index (χ3v) is 3.33. The van der Waals surface area contributed by atoms with E-state index in [1.54, 1.807) is 6.07 Å². The first kappa shape index (κ1) is 14.5. The van der Waals surface area contributed by atoms with Gasteiger partial charge in [-0.3, -0.25) is 4.79 Å². The van der Waals surface area contributed by atoms with Gasteiger partial charge in [-0.25, -0.2) is 9.78 Å². The van der Waals surface area contributed by atoms with Crippen molar-refractivity contribution in [2.75, 3.05) is 5.32 Å². The molecule has 0 saturated carbocycles. The molecule has 1 amide bonds. The van der Waals surface area contributed by atoms with Crippen molar-refractivity contribution in [3.05, 3.63) is 57.3 Å². The van der Waals surface area contributed by atoms with Crippen molar-refractivity contribution in [3.8, 4) is 0 Å². The van der Waals surface area contributed by atoms with E-state index in [1.165, 1.54) is 30.5 Å². The Morgan fingerprint density at radius 3 is 2.45 bits per heavy atom. The van der Waals surface area contributed by atoms with E-state index < -0.39 is 5.97 Å². The summed E-state index contributed by atoms with van der Waals surface area (Å²) in [6.07, 6.45) is 1.36. The number of nitrogens with one attached hydrogen (secondary N) is 1. The van der Waals surface area contributed by atoms with Gasteiger partial charge in [0.1, 0.15) is 5.15 Å². The summed E-state index contributed by atoms with van der Waals surface area (Å²) < 4.78 is 0.479. The van der Waals surface area contributed by atoms with Gasteiger partial charge in [0.2, 0.25) is 0 Å². The second-order valence-electron chi connectivity index (χ2n) is 3.82. The summed E-state index contributed by atoms with van der Waals surface area (Å²) >= 11 is 8.86. The van der Waals surface area contributed by atoms with E-state index in [4.69, 9.17) is 16.7 Å². The van der Waals surface area contributed by atoms with Crippen molar-refractivity contribution in [1.29, 1.82) is 0 Å². The Morgan fingerprint density at radius 1 is 1.20 bits per heavy atom. The van der Waals surface area contributed by atoms with Gasteiger partial charge in [0, 0.05) is 10.7 Å². The lowest BCUT2D eigenvalue weighted by Crippen LogP contribution is -2.12. The van der Waals surface area contributed by atoms with Crippen LogP contribution in [-0.4, -0.2) is 22.0 Å². The fourth-order valence-electron chi connectivity index (χ4n) is 1.45. The van der Waals surface area contributed by atoms with Gasteiger partial charge in [-0.1, -0.05) is 11.6 Å². The normalized spacial score (nSPS) is 10.1. The zero-order chi connectivity index (χ0) is 14.7. The summed E-state index contributed by atoms with van der Waals surface area (Å²) in [6, 6.07) is 7.39. The number of hydrogen-bond acceptors (Lipinski definition) is 3. The molecule has 0 radical (unpaired) electrons. The van der Waals surface area contributed by atoms with Gasteiger partial charge >= 0.3 is 5.97 Å². The molecule has 0 saturated heterocycles. The molecule has 1 aromatic carbocycles. The molecular weight excluding hydrogens is 348 g/mol. The molecule has 0 aliphatic heterocycles. The summed E-state index contributed by atoms with van der Waals surface area (Å²) in [5.41, 5.74) is 0.946. The van der Waals surface area contributed by atoms with Crippen LogP contribution < -0.4 is 5.32 Å². The molecule has 0 aliphatic carbocycles. The maximum atomic E-state index is 12.0. The number of aromatic carboxylic acids is 1. The second-order valence-corrected chi connectivity index (χ2v) is 5.07. The molecule has 0 bridgehead atoms. The van der Waals surface area contributed by atoms with Gasteiger partial charge in [-0.15, -0.1) is 0 Å². The van der Waals surface area contributed by atoms with Crippen LogP contribution in [0, 0.1) is 0 Å². The number of carboxylic acids is 1. The Balaban J connectivity index is 2.19. The van der Waals surface area contributed by atoms with Crippen molar-refractivity contribution in [3.63, 3.8) is 0 Å². The highest BCUT2D eigenvalue weighted by atomic mass is 79.9. The number of halogens is 2. The zero-order valence-corrected chi connectivity index (χ0v) is 12.3. The lowest BCUT2D eigenvalue weighted by Gasteiger charge is -2.08. The van der Waals surface area contributed by atoms with E-state index in [9.17, 15) is 9.59 Å². The number of carboxylic acid groups (broad SMARTS) is 1. The Morgan fingerprint density at radius 2 is 1.90 bits per heavy atom. The molecule has 20 heavy (non-hydrogen) atoms. The Labute approximate surface area is 127 Å². The molecule has 7 heteroatoms. The molecule has 102 valence electrons. The lowest BCUT2D eigenvalue weighted by atomic mass is 10.2. The fraction of sp³-hybridized carbons (Fsp3) is 0. The first-order valence-corrected chi connectivity index (χ1v) is 6.60. The third kappa shape index (κ3) is 3.34. The van der Waals surface area contributed by atoms with Gasteiger partial charge in [-0.05, 0) is 46.3 Å². The van der Waals surface area contributed by atoms with Crippen LogP contribution in [0.2, 0.25) is 5.15 Å². The van der Waals surface area contributed by atoms with E-state index in [1.807, 2.05) is 0 Å². The molecule has 0 atom stereocenters. The average Bonchev–Trinajstić information content (AvgIpc) is 2.41. The number of benzene rings is 1. The molecule has 1 aromatic heterocycles. The van der Waals surface area contributed by atoms with Crippen molar-refractivity contribution >= 4 is 45.1 Å². The number of aromatic nitrogens is 1. The summed E-state index contributed by atoms with van der Waals surface area (Å²) in [4.78, 5) is 26.6. The van der Waals surface area contributed by atoms with Gasteiger partial charge in [0.05, 0.1) is 16.8 Å². The van der Waals surface area contributed by atoms with Crippen LogP contribution in [0.15, 0.2) is 41.0 Å². The molecule has 2 N–H and O–H groups in total. The van der Waals surface area contributed by atoms with Crippen LogP contribution in [-0.2, 0) is 0 Å². The van der Waals surface area contributed by atoms with E-state index in [0.29, 0.717) is 20.9 Å². The highest BCUT2D eigenvalue weighted by Crippen LogP contribution is 2.24. The predicted octanol–water partition coefficient (Wildman–Crippen LogP) is 3.45. The van der Waals surface area contributed by atoms with Crippen molar-refractivity contribution < 1.29 is 14.7 Å². The number of carbonyl (C=O) groups is 2. The molecule has 5 nitrogen and oxygen atoms in total. The number of hydrogen-bond donors (Lipinski definition) is 2. The summed E-state index contributed by atoms with van der Waals surface area (Å²) in [7, 11) is 0. The molecule has 2 aromatic rings. The molecule has 0 spiro atoms. The minimum Gasteiger partial charge on any atom is -0.478 e. The number of nitrogens with zero attached hydrogens (tertiary/aromatic N) is 1. The Kier molecular flexibility index (Phi) is 4.36. The Bertz CT molecular complexity index is 674. The van der Waals surface area contributed by atoms with Crippen LogP contribution in [0.25, 0.3) is 0 Å². The number of carbonyl (C=O) groups excluding carboxylic acids is 1. The molecule has 1 heterocycles. The third-order valence-electron chi connectivity index (χ3n) is 2.45. The highest BCUT2D eigenvalue weighted by molar-refractivity contribution is 9.10. The molecule has 0 aliphatic rings. The van der Waals surface area contributed by atoms with Gasteiger partial charge < -0.3 is 10.4 Å². The van der Waals surface area contributed by atoms with Crippen molar-refractivity contribution in [2.45, 2.75) is 0 Å². The molecule has 0 unspecified atom stereocenters. The maximum absolute atomic E-state index is 12.0. The van der Waals surface area contributed by atoms with Crippen LogP contribution in [0.5, 0.6) is 0 Å².